The highest BCUT2D eigenvalue weighted by Crippen LogP contribution is 2.45. The van der Waals surface area contributed by atoms with Gasteiger partial charge in [-0.15, -0.1) is 0 Å². The van der Waals surface area contributed by atoms with E-state index in [1.165, 1.54) is 218 Å². The summed E-state index contributed by atoms with van der Waals surface area (Å²) < 4.78 is 68.5. The largest absolute Gasteiger partial charge is 0.472 e. The van der Waals surface area contributed by atoms with Crippen molar-refractivity contribution in [1.82, 2.24) is 0 Å². The lowest BCUT2D eigenvalue weighted by atomic mass is 10.0. The third kappa shape index (κ3) is 70.5. The van der Waals surface area contributed by atoms with Gasteiger partial charge >= 0.3 is 39.5 Å². The van der Waals surface area contributed by atoms with Crippen LogP contribution < -0.4 is 0 Å². The highest BCUT2D eigenvalue weighted by Gasteiger charge is 2.30. The molecule has 0 aromatic rings. The van der Waals surface area contributed by atoms with Crippen molar-refractivity contribution in [2.45, 2.75) is 419 Å². The fourth-order valence-electron chi connectivity index (χ4n) is 11.8. The maximum absolute atomic E-state index is 13.1. The molecule has 0 saturated heterocycles. The maximum atomic E-state index is 13.1. The van der Waals surface area contributed by atoms with Gasteiger partial charge < -0.3 is 33.8 Å². The van der Waals surface area contributed by atoms with Gasteiger partial charge in [0, 0.05) is 25.7 Å². The molecular formula is C77H150O17P2. The van der Waals surface area contributed by atoms with E-state index in [2.05, 4.69) is 41.5 Å². The summed E-state index contributed by atoms with van der Waals surface area (Å²) in [6, 6.07) is 0. The zero-order chi connectivity index (χ0) is 70.7. The number of unbranched alkanes of at least 4 members (excludes halogenated alkanes) is 46. The molecule has 0 aliphatic carbocycles. The summed E-state index contributed by atoms with van der Waals surface area (Å²) in [4.78, 5) is 72.8. The SMILES string of the molecule is CCCCCCCCCCCCCCCCCCCCCCC(=O)O[C@H](COC(=O)CCCCCCCCCCCCCCC(C)C)COP(=O)(O)OC[C@@H](O)COP(=O)(O)OC[C@@H](COC(=O)CCCCCCCCCCC)OC(=O)CCCCCCCCCCCC(C)C. The topological polar surface area (TPSA) is 237 Å². The highest BCUT2D eigenvalue weighted by atomic mass is 31.2. The van der Waals surface area contributed by atoms with Gasteiger partial charge in [-0.25, -0.2) is 9.13 Å². The van der Waals surface area contributed by atoms with Crippen LogP contribution in [0.3, 0.4) is 0 Å². The number of esters is 4. The molecule has 570 valence electrons. The fourth-order valence-corrected chi connectivity index (χ4v) is 13.4. The van der Waals surface area contributed by atoms with Crippen molar-refractivity contribution >= 4 is 39.5 Å². The summed E-state index contributed by atoms with van der Waals surface area (Å²) in [5.74, 6) is -0.598. The minimum Gasteiger partial charge on any atom is -0.462 e. The van der Waals surface area contributed by atoms with E-state index in [-0.39, 0.29) is 25.7 Å². The van der Waals surface area contributed by atoms with Gasteiger partial charge in [-0.1, -0.05) is 350 Å². The molecule has 0 fully saturated rings. The van der Waals surface area contributed by atoms with Crippen LogP contribution in [0.1, 0.15) is 401 Å². The molecule has 0 rings (SSSR count). The summed E-state index contributed by atoms with van der Waals surface area (Å²) in [5, 5.41) is 10.6. The number of rotatable bonds is 76. The molecular weight excluding hydrogens is 1260 g/mol. The maximum Gasteiger partial charge on any atom is 0.472 e. The van der Waals surface area contributed by atoms with Crippen LogP contribution in [0.2, 0.25) is 0 Å². The molecule has 0 aliphatic rings. The Labute approximate surface area is 588 Å². The van der Waals surface area contributed by atoms with Crippen LogP contribution in [0.25, 0.3) is 0 Å². The van der Waals surface area contributed by atoms with Crippen LogP contribution in [-0.4, -0.2) is 96.7 Å². The van der Waals surface area contributed by atoms with Gasteiger partial charge in [-0.2, -0.15) is 0 Å². The first-order valence-corrected chi connectivity index (χ1v) is 43.0. The molecule has 3 N–H and O–H groups in total. The molecule has 19 heteroatoms. The number of aliphatic hydroxyl groups excluding tert-OH is 1. The molecule has 0 amide bonds. The van der Waals surface area contributed by atoms with Crippen LogP contribution in [0.15, 0.2) is 0 Å². The Morgan fingerprint density at radius 2 is 0.479 bits per heavy atom. The molecule has 0 saturated carbocycles. The van der Waals surface area contributed by atoms with Crippen LogP contribution in [0, 0.1) is 11.8 Å². The first-order chi connectivity index (χ1) is 46.4. The predicted molar refractivity (Wildman–Crippen MR) is 391 cm³/mol. The van der Waals surface area contributed by atoms with E-state index < -0.39 is 97.5 Å². The summed E-state index contributed by atoms with van der Waals surface area (Å²) in [6.07, 6.45) is 57.0. The number of aliphatic hydroxyl groups is 1. The zero-order valence-corrected chi connectivity index (χ0v) is 64.5. The Morgan fingerprint density at radius 3 is 0.708 bits per heavy atom. The van der Waals surface area contributed by atoms with E-state index in [0.29, 0.717) is 25.7 Å². The van der Waals surface area contributed by atoms with Gasteiger partial charge in [-0.3, -0.25) is 37.3 Å². The minimum atomic E-state index is -4.96. The number of hydrogen-bond acceptors (Lipinski definition) is 15. The Kier molecular flexibility index (Phi) is 67.4. The Bertz CT molecular complexity index is 1860. The molecule has 96 heavy (non-hydrogen) atoms. The van der Waals surface area contributed by atoms with Gasteiger partial charge in [0.1, 0.15) is 19.3 Å². The quantitative estimate of drug-likeness (QED) is 0.0222. The number of phosphoric ester groups is 2. The Balaban J connectivity index is 5.21. The van der Waals surface area contributed by atoms with Crippen molar-refractivity contribution in [3.8, 4) is 0 Å². The Hall–Kier alpha value is -1.94. The van der Waals surface area contributed by atoms with Gasteiger partial charge in [0.25, 0.3) is 0 Å². The molecule has 0 spiro atoms. The minimum absolute atomic E-state index is 0.105. The average Bonchev–Trinajstić information content (AvgIpc) is 1.53. The molecule has 0 aromatic carbocycles. The highest BCUT2D eigenvalue weighted by molar-refractivity contribution is 7.47. The number of phosphoric acid groups is 2. The standard InChI is InChI=1S/C77H150O17P2/c1-7-9-11-13-15-17-18-19-20-21-22-23-24-25-26-31-37-43-49-55-61-76(81)93-73(66-88-75(80)60-54-48-42-36-30-28-27-29-34-39-45-51-57-69(3)4)68-92-96(85,86)90-64-71(78)63-89-95(83,84)91-67-72(65-87-74(79)59-53-47-41-33-16-14-12-10-8-2)94-77(82)62-56-50-44-38-32-35-40-46-52-58-70(5)6/h69-73,78H,7-68H2,1-6H3,(H,83,84)(H,85,86)/t71-,72+,73+/m0/s1. The number of ether oxygens (including phenoxy) is 4. The third-order valence-electron chi connectivity index (χ3n) is 18.0. The average molecular weight is 1410 g/mol. The summed E-state index contributed by atoms with van der Waals surface area (Å²) in [5.41, 5.74) is 0. The van der Waals surface area contributed by atoms with Crippen molar-refractivity contribution in [3.05, 3.63) is 0 Å². The van der Waals surface area contributed by atoms with Crippen molar-refractivity contribution in [3.63, 3.8) is 0 Å². The predicted octanol–water partition coefficient (Wildman–Crippen LogP) is 22.7. The first-order valence-electron chi connectivity index (χ1n) is 40.0. The summed E-state index contributed by atoms with van der Waals surface area (Å²) in [7, 11) is -9.91. The second-order valence-corrected chi connectivity index (χ2v) is 31.6. The van der Waals surface area contributed by atoms with Crippen LogP contribution >= 0.6 is 15.6 Å². The van der Waals surface area contributed by atoms with E-state index in [1.807, 2.05) is 0 Å². The molecule has 0 heterocycles. The molecule has 2 unspecified atom stereocenters. The van der Waals surface area contributed by atoms with Gasteiger partial charge in [0.15, 0.2) is 12.2 Å². The lowest BCUT2D eigenvalue weighted by Gasteiger charge is -2.21. The van der Waals surface area contributed by atoms with E-state index in [4.69, 9.17) is 37.0 Å². The summed E-state index contributed by atoms with van der Waals surface area (Å²) >= 11 is 0. The third-order valence-corrected chi connectivity index (χ3v) is 19.9. The first kappa shape index (κ1) is 94.1. The summed E-state index contributed by atoms with van der Waals surface area (Å²) in [6.45, 7) is 9.57. The fraction of sp³-hybridized carbons (Fsp3) is 0.948. The lowest BCUT2D eigenvalue weighted by Crippen LogP contribution is -2.30. The Morgan fingerprint density at radius 1 is 0.281 bits per heavy atom. The van der Waals surface area contributed by atoms with Gasteiger partial charge in [-0.05, 0) is 37.5 Å². The second kappa shape index (κ2) is 68.8. The van der Waals surface area contributed by atoms with E-state index >= 15 is 0 Å². The zero-order valence-electron chi connectivity index (χ0n) is 62.7. The molecule has 0 aromatic heterocycles. The number of carbonyl (C=O) groups excluding carboxylic acids is 4. The van der Waals surface area contributed by atoms with Gasteiger partial charge in [0.05, 0.1) is 26.4 Å². The van der Waals surface area contributed by atoms with E-state index in [0.717, 1.165) is 102 Å². The monoisotopic (exact) mass is 1410 g/mol. The van der Waals surface area contributed by atoms with Crippen molar-refractivity contribution < 1.29 is 80.2 Å². The molecule has 0 aliphatic heterocycles. The van der Waals surface area contributed by atoms with E-state index in [9.17, 15) is 43.2 Å². The normalized spacial score (nSPS) is 14.0. The van der Waals surface area contributed by atoms with Crippen molar-refractivity contribution in [2.24, 2.45) is 11.8 Å². The second-order valence-electron chi connectivity index (χ2n) is 28.7. The number of hydrogen-bond donors (Lipinski definition) is 3. The molecule has 0 bridgehead atoms. The van der Waals surface area contributed by atoms with Crippen molar-refractivity contribution in [2.75, 3.05) is 39.6 Å². The molecule has 0 radical (unpaired) electrons. The van der Waals surface area contributed by atoms with Crippen LogP contribution in [-0.2, 0) is 65.4 Å². The van der Waals surface area contributed by atoms with Crippen LogP contribution in [0.4, 0.5) is 0 Å². The lowest BCUT2D eigenvalue weighted by molar-refractivity contribution is -0.161. The smallest absolute Gasteiger partial charge is 0.462 e. The molecule has 5 atom stereocenters. The van der Waals surface area contributed by atoms with Gasteiger partial charge in [0.2, 0.25) is 0 Å². The molecule has 17 nitrogen and oxygen atoms in total. The van der Waals surface area contributed by atoms with Crippen LogP contribution in [0.5, 0.6) is 0 Å². The number of carbonyl (C=O) groups is 4. The van der Waals surface area contributed by atoms with Crippen molar-refractivity contribution in [1.29, 1.82) is 0 Å². The van der Waals surface area contributed by atoms with E-state index in [1.54, 1.807) is 0 Å².